The van der Waals surface area contributed by atoms with Crippen LogP contribution in [-0.4, -0.2) is 6.61 Å². The summed E-state index contributed by atoms with van der Waals surface area (Å²) in [7, 11) is 0. The highest BCUT2D eigenvalue weighted by Gasteiger charge is 2.29. The standard InChI is InChI=1S/C23H26ClFO/c1-2-3-15-4-6-16(7-5-15)17-8-10-18(11-9-17)19-12-13-20(21-14-26-21)23(25)22(19)24/h8-13,15-16,21H,2-7,14H2,1H3. The summed E-state index contributed by atoms with van der Waals surface area (Å²) in [6, 6.07) is 12.3. The Bertz CT molecular complexity index is 759. The third-order valence-electron chi connectivity index (χ3n) is 6.03. The second-order valence-electron chi connectivity index (χ2n) is 7.78. The van der Waals surface area contributed by atoms with Crippen molar-refractivity contribution < 1.29 is 9.13 Å². The third-order valence-corrected chi connectivity index (χ3v) is 6.40. The first-order chi connectivity index (χ1) is 12.7. The van der Waals surface area contributed by atoms with Crippen molar-refractivity contribution in [3.05, 3.63) is 58.4 Å². The molecule has 138 valence electrons. The first-order valence-corrected chi connectivity index (χ1v) is 10.2. The molecule has 3 heteroatoms. The van der Waals surface area contributed by atoms with Gasteiger partial charge in [-0.15, -0.1) is 0 Å². The highest BCUT2D eigenvalue weighted by Crippen LogP contribution is 2.40. The smallest absolute Gasteiger partial charge is 0.148 e. The number of halogens is 2. The maximum Gasteiger partial charge on any atom is 0.148 e. The van der Waals surface area contributed by atoms with E-state index in [0.29, 0.717) is 18.1 Å². The molecule has 1 nitrogen and oxygen atoms in total. The quantitative estimate of drug-likeness (QED) is 0.502. The molecule has 0 N–H and O–H groups in total. The van der Waals surface area contributed by atoms with E-state index in [0.717, 1.165) is 17.0 Å². The molecule has 2 aromatic rings. The van der Waals surface area contributed by atoms with Crippen LogP contribution in [0.5, 0.6) is 0 Å². The molecular weight excluding hydrogens is 347 g/mol. The number of benzene rings is 2. The largest absolute Gasteiger partial charge is 0.368 e. The second-order valence-corrected chi connectivity index (χ2v) is 8.16. The van der Waals surface area contributed by atoms with Gasteiger partial charge in [-0.3, -0.25) is 0 Å². The van der Waals surface area contributed by atoms with Gasteiger partial charge in [0.15, 0.2) is 0 Å². The van der Waals surface area contributed by atoms with E-state index in [-0.39, 0.29) is 16.9 Å². The Morgan fingerprint density at radius 3 is 2.35 bits per heavy atom. The lowest BCUT2D eigenvalue weighted by atomic mass is 9.77. The van der Waals surface area contributed by atoms with Crippen molar-refractivity contribution in [2.75, 3.05) is 6.61 Å². The normalized spacial score (nSPS) is 25.3. The van der Waals surface area contributed by atoms with Crippen LogP contribution in [0.4, 0.5) is 4.39 Å². The van der Waals surface area contributed by atoms with Gasteiger partial charge in [-0.05, 0) is 48.6 Å². The van der Waals surface area contributed by atoms with Crippen LogP contribution in [0, 0.1) is 11.7 Å². The molecule has 1 aliphatic heterocycles. The van der Waals surface area contributed by atoms with Crippen LogP contribution in [-0.2, 0) is 4.74 Å². The van der Waals surface area contributed by atoms with Crippen molar-refractivity contribution in [1.29, 1.82) is 0 Å². The van der Waals surface area contributed by atoms with Crippen LogP contribution in [0.3, 0.4) is 0 Å². The summed E-state index contributed by atoms with van der Waals surface area (Å²) in [6.07, 6.45) is 7.83. The third kappa shape index (κ3) is 3.68. The lowest BCUT2D eigenvalue weighted by Gasteiger charge is -2.28. The van der Waals surface area contributed by atoms with Gasteiger partial charge in [-0.2, -0.15) is 0 Å². The van der Waals surface area contributed by atoms with Gasteiger partial charge in [0.1, 0.15) is 11.9 Å². The molecule has 1 atom stereocenters. The summed E-state index contributed by atoms with van der Waals surface area (Å²) < 4.78 is 19.7. The molecule has 0 amide bonds. The van der Waals surface area contributed by atoms with Gasteiger partial charge in [0.2, 0.25) is 0 Å². The second kappa shape index (κ2) is 7.70. The molecule has 4 rings (SSSR count). The molecule has 1 saturated carbocycles. The summed E-state index contributed by atoms with van der Waals surface area (Å²) in [4.78, 5) is 0. The molecule has 2 aromatic carbocycles. The molecule has 1 saturated heterocycles. The number of epoxide rings is 1. The van der Waals surface area contributed by atoms with Crippen molar-refractivity contribution in [2.45, 2.75) is 57.5 Å². The number of ether oxygens (including phenoxy) is 1. The fraction of sp³-hybridized carbons (Fsp3) is 0.478. The van der Waals surface area contributed by atoms with Crippen molar-refractivity contribution in [2.24, 2.45) is 5.92 Å². The number of hydrogen-bond donors (Lipinski definition) is 0. The van der Waals surface area contributed by atoms with Crippen molar-refractivity contribution in [1.82, 2.24) is 0 Å². The van der Waals surface area contributed by atoms with E-state index in [1.807, 2.05) is 6.07 Å². The monoisotopic (exact) mass is 372 g/mol. The van der Waals surface area contributed by atoms with Crippen molar-refractivity contribution >= 4 is 11.6 Å². The van der Waals surface area contributed by atoms with Crippen molar-refractivity contribution in [3.63, 3.8) is 0 Å². The van der Waals surface area contributed by atoms with E-state index in [1.165, 1.54) is 44.1 Å². The summed E-state index contributed by atoms with van der Waals surface area (Å²) in [5.74, 6) is 1.25. The first-order valence-electron chi connectivity index (χ1n) is 9.87. The van der Waals surface area contributed by atoms with E-state index in [9.17, 15) is 4.39 Å². The van der Waals surface area contributed by atoms with E-state index < -0.39 is 0 Å². The zero-order chi connectivity index (χ0) is 18.1. The summed E-state index contributed by atoms with van der Waals surface area (Å²) >= 11 is 6.31. The van der Waals surface area contributed by atoms with Crippen LogP contribution < -0.4 is 0 Å². The molecule has 2 aliphatic rings. The van der Waals surface area contributed by atoms with Gasteiger partial charge in [0.05, 0.1) is 11.6 Å². The molecule has 26 heavy (non-hydrogen) atoms. The minimum atomic E-state index is -0.343. The van der Waals surface area contributed by atoms with Gasteiger partial charge in [-0.25, -0.2) is 4.39 Å². The molecule has 1 heterocycles. The predicted molar refractivity (Wildman–Crippen MR) is 105 cm³/mol. The average molecular weight is 373 g/mol. The SMILES string of the molecule is CCCC1CCC(c2ccc(-c3ccc(C4CO4)c(F)c3Cl)cc2)CC1. The van der Waals surface area contributed by atoms with Gasteiger partial charge >= 0.3 is 0 Å². The van der Waals surface area contributed by atoms with Gasteiger partial charge in [0.25, 0.3) is 0 Å². The fourth-order valence-corrected chi connectivity index (χ4v) is 4.67. The summed E-state index contributed by atoms with van der Waals surface area (Å²) in [5, 5.41) is 0.200. The molecule has 1 aliphatic carbocycles. The van der Waals surface area contributed by atoms with Gasteiger partial charge in [-0.1, -0.05) is 67.8 Å². The molecule has 0 aromatic heterocycles. The Hall–Kier alpha value is -1.38. The lowest BCUT2D eigenvalue weighted by Crippen LogP contribution is -2.13. The highest BCUT2D eigenvalue weighted by molar-refractivity contribution is 6.33. The maximum atomic E-state index is 14.5. The molecule has 0 radical (unpaired) electrons. The van der Waals surface area contributed by atoms with E-state index in [2.05, 4.69) is 31.2 Å². The molecular formula is C23H26ClFO. The van der Waals surface area contributed by atoms with Crippen LogP contribution in [0.15, 0.2) is 36.4 Å². The van der Waals surface area contributed by atoms with Crippen molar-refractivity contribution in [3.8, 4) is 11.1 Å². The molecule has 0 bridgehead atoms. The number of hydrogen-bond acceptors (Lipinski definition) is 1. The van der Waals surface area contributed by atoms with E-state index >= 15 is 0 Å². The molecule has 1 unspecified atom stereocenters. The Kier molecular flexibility index (Phi) is 5.33. The Balaban J connectivity index is 1.49. The summed E-state index contributed by atoms with van der Waals surface area (Å²) in [5.41, 5.74) is 3.70. The van der Waals surface area contributed by atoms with Crippen LogP contribution >= 0.6 is 11.6 Å². The molecule has 2 fully saturated rings. The van der Waals surface area contributed by atoms with E-state index in [4.69, 9.17) is 16.3 Å². The molecule has 0 spiro atoms. The topological polar surface area (TPSA) is 12.5 Å². The highest BCUT2D eigenvalue weighted by atomic mass is 35.5. The predicted octanol–water partition coefficient (Wildman–Crippen LogP) is 7.29. The Labute approximate surface area is 160 Å². The van der Waals surface area contributed by atoms with Gasteiger partial charge in [0, 0.05) is 11.1 Å². The Morgan fingerprint density at radius 2 is 1.73 bits per heavy atom. The Morgan fingerprint density at radius 1 is 1.04 bits per heavy atom. The first kappa shape index (κ1) is 18.0. The minimum absolute atomic E-state index is 0.119. The van der Waals surface area contributed by atoms with Crippen LogP contribution in [0.1, 0.15) is 68.6 Å². The minimum Gasteiger partial charge on any atom is -0.368 e. The fourth-order valence-electron chi connectivity index (χ4n) is 4.39. The number of rotatable bonds is 5. The van der Waals surface area contributed by atoms with Crippen LogP contribution in [0.25, 0.3) is 11.1 Å². The van der Waals surface area contributed by atoms with Crippen LogP contribution in [0.2, 0.25) is 5.02 Å². The zero-order valence-electron chi connectivity index (χ0n) is 15.3. The van der Waals surface area contributed by atoms with E-state index in [1.54, 1.807) is 6.07 Å². The lowest BCUT2D eigenvalue weighted by molar-refractivity contribution is 0.308. The summed E-state index contributed by atoms with van der Waals surface area (Å²) in [6.45, 7) is 2.87. The van der Waals surface area contributed by atoms with Gasteiger partial charge < -0.3 is 4.74 Å². The average Bonchev–Trinajstić information content (AvgIpc) is 3.50. The maximum absolute atomic E-state index is 14.5. The zero-order valence-corrected chi connectivity index (χ0v) is 16.1.